The van der Waals surface area contributed by atoms with E-state index in [1.54, 1.807) is 22.9 Å². The second kappa shape index (κ2) is 7.17. The molecule has 2 aromatic carbocycles. The Balaban J connectivity index is 2.29. The van der Waals surface area contributed by atoms with E-state index in [-0.39, 0.29) is 5.91 Å². The second-order valence-corrected chi connectivity index (χ2v) is 6.13. The van der Waals surface area contributed by atoms with Crippen molar-refractivity contribution >= 4 is 34.9 Å². The summed E-state index contributed by atoms with van der Waals surface area (Å²) in [5.74, 6) is 0.516. The smallest absolute Gasteiger partial charge is 0.222 e. The van der Waals surface area contributed by atoms with E-state index in [0.717, 1.165) is 5.56 Å². The second-order valence-electron chi connectivity index (χ2n) is 5.28. The Bertz CT molecular complexity index is 921. The van der Waals surface area contributed by atoms with Crippen LogP contribution in [0.25, 0.3) is 16.9 Å². The molecule has 128 valence electrons. The summed E-state index contributed by atoms with van der Waals surface area (Å²) in [6.07, 6.45) is 0. The van der Waals surface area contributed by atoms with Crippen molar-refractivity contribution in [2.45, 2.75) is 6.92 Å². The van der Waals surface area contributed by atoms with Crippen molar-refractivity contribution < 1.29 is 9.53 Å². The topological polar surface area (TPSA) is 56.1 Å². The summed E-state index contributed by atoms with van der Waals surface area (Å²) < 4.78 is 7.18. The third-order valence-electron chi connectivity index (χ3n) is 3.54. The zero-order valence-corrected chi connectivity index (χ0v) is 15.1. The Kier molecular flexibility index (Phi) is 4.97. The van der Waals surface area contributed by atoms with Gasteiger partial charge in [0.25, 0.3) is 0 Å². The van der Waals surface area contributed by atoms with Crippen molar-refractivity contribution in [3.05, 3.63) is 58.6 Å². The van der Waals surface area contributed by atoms with Crippen LogP contribution in [0.2, 0.25) is 10.0 Å². The number of aromatic nitrogens is 2. The van der Waals surface area contributed by atoms with Gasteiger partial charge in [0.05, 0.1) is 17.8 Å². The lowest BCUT2D eigenvalue weighted by atomic mass is 10.1. The first-order valence-electron chi connectivity index (χ1n) is 7.46. The lowest BCUT2D eigenvalue weighted by molar-refractivity contribution is -0.114. The maximum Gasteiger partial charge on any atom is 0.222 e. The summed E-state index contributed by atoms with van der Waals surface area (Å²) in [5.41, 5.74) is 2.16. The molecule has 0 saturated carbocycles. The Hall–Kier alpha value is -2.50. The highest BCUT2D eigenvalue weighted by molar-refractivity contribution is 6.32. The SMILES string of the molecule is COc1c(NC(C)=O)nn(-c2ccccc2Cl)c1-c1ccc(Cl)cc1. The number of nitrogens with one attached hydrogen (secondary N) is 1. The molecular formula is C18H15Cl2N3O2. The molecule has 1 heterocycles. The number of amides is 1. The average molecular weight is 376 g/mol. The fourth-order valence-corrected chi connectivity index (χ4v) is 2.85. The molecule has 0 aliphatic carbocycles. The average Bonchev–Trinajstić information content (AvgIpc) is 2.93. The van der Waals surface area contributed by atoms with E-state index < -0.39 is 0 Å². The summed E-state index contributed by atoms with van der Waals surface area (Å²) in [7, 11) is 1.53. The number of halogens is 2. The monoisotopic (exact) mass is 375 g/mol. The molecule has 3 rings (SSSR count). The van der Waals surface area contributed by atoms with Crippen LogP contribution in [-0.2, 0) is 4.79 Å². The van der Waals surface area contributed by atoms with Crippen molar-refractivity contribution in [2.24, 2.45) is 0 Å². The standard InChI is InChI=1S/C18H15Cl2N3O2/c1-11(24)21-18-17(25-2)16(12-7-9-13(19)10-8-12)23(22-18)15-6-4-3-5-14(15)20/h3-10H,1-2H3,(H,21,22,24). The Morgan fingerprint density at radius 1 is 1.12 bits per heavy atom. The maximum atomic E-state index is 11.5. The minimum Gasteiger partial charge on any atom is -0.491 e. The van der Waals surface area contributed by atoms with E-state index in [9.17, 15) is 4.79 Å². The van der Waals surface area contributed by atoms with Crippen LogP contribution in [-0.4, -0.2) is 22.8 Å². The zero-order valence-electron chi connectivity index (χ0n) is 13.6. The Labute approximate surface area is 155 Å². The molecule has 0 unspecified atom stereocenters. The van der Waals surface area contributed by atoms with Gasteiger partial charge in [0, 0.05) is 17.5 Å². The highest BCUT2D eigenvalue weighted by Gasteiger charge is 2.23. The lowest BCUT2D eigenvalue weighted by Gasteiger charge is -2.10. The number of para-hydroxylation sites is 1. The number of nitrogens with zero attached hydrogens (tertiary/aromatic N) is 2. The van der Waals surface area contributed by atoms with Crippen LogP contribution in [0.15, 0.2) is 48.5 Å². The fraction of sp³-hybridized carbons (Fsp3) is 0.111. The fourth-order valence-electron chi connectivity index (χ4n) is 2.50. The number of hydrogen-bond acceptors (Lipinski definition) is 3. The normalized spacial score (nSPS) is 10.6. The zero-order chi connectivity index (χ0) is 18.0. The Morgan fingerprint density at radius 2 is 1.80 bits per heavy atom. The largest absolute Gasteiger partial charge is 0.491 e. The molecule has 0 atom stereocenters. The number of carbonyl (C=O) groups is 1. The summed E-state index contributed by atoms with van der Waals surface area (Å²) in [6, 6.07) is 14.6. The van der Waals surface area contributed by atoms with Gasteiger partial charge in [0.1, 0.15) is 5.69 Å². The molecule has 3 aromatic rings. The molecule has 0 radical (unpaired) electrons. The van der Waals surface area contributed by atoms with E-state index in [1.165, 1.54) is 14.0 Å². The highest BCUT2D eigenvalue weighted by Crippen LogP contribution is 2.39. The number of ether oxygens (including phenoxy) is 1. The molecule has 5 nitrogen and oxygen atoms in total. The molecule has 1 amide bonds. The minimum atomic E-state index is -0.246. The van der Waals surface area contributed by atoms with Gasteiger partial charge >= 0.3 is 0 Å². The van der Waals surface area contributed by atoms with Crippen LogP contribution in [0.5, 0.6) is 5.75 Å². The molecule has 0 fully saturated rings. The van der Waals surface area contributed by atoms with Gasteiger partial charge in [0.2, 0.25) is 5.91 Å². The van der Waals surface area contributed by atoms with Crippen molar-refractivity contribution in [3.63, 3.8) is 0 Å². The van der Waals surface area contributed by atoms with Gasteiger partial charge in [-0.1, -0.05) is 47.5 Å². The highest BCUT2D eigenvalue weighted by atomic mass is 35.5. The van der Waals surface area contributed by atoms with Crippen molar-refractivity contribution in [1.29, 1.82) is 0 Å². The first kappa shape index (κ1) is 17.3. The van der Waals surface area contributed by atoms with Crippen molar-refractivity contribution in [1.82, 2.24) is 9.78 Å². The van der Waals surface area contributed by atoms with E-state index in [4.69, 9.17) is 27.9 Å². The molecule has 0 spiro atoms. The summed E-state index contributed by atoms with van der Waals surface area (Å²) in [6.45, 7) is 1.41. The Morgan fingerprint density at radius 3 is 2.40 bits per heavy atom. The van der Waals surface area contributed by atoms with Crippen LogP contribution in [0.1, 0.15) is 6.92 Å². The molecule has 7 heteroatoms. The molecule has 0 aliphatic rings. The van der Waals surface area contributed by atoms with E-state index in [2.05, 4.69) is 10.4 Å². The van der Waals surface area contributed by atoms with Crippen LogP contribution in [0.3, 0.4) is 0 Å². The first-order valence-corrected chi connectivity index (χ1v) is 8.22. The molecular weight excluding hydrogens is 361 g/mol. The van der Waals surface area contributed by atoms with E-state index >= 15 is 0 Å². The third kappa shape index (κ3) is 3.48. The number of hydrogen-bond donors (Lipinski definition) is 1. The predicted octanol–water partition coefficient (Wildman–Crippen LogP) is 4.81. The van der Waals surface area contributed by atoms with Gasteiger partial charge < -0.3 is 10.1 Å². The number of anilines is 1. The van der Waals surface area contributed by atoms with E-state index in [1.807, 2.05) is 30.3 Å². The van der Waals surface area contributed by atoms with Gasteiger partial charge in [-0.05, 0) is 24.3 Å². The number of benzene rings is 2. The van der Waals surface area contributed by atoms with Crippen LogP contribution < -0.4 is 10.1 Å². The van der Waals surface area contributed by atoms with Gasteiger partial charge in [-0.2, -0.15) is 0 Å². The van der Waals surface area contributed by atoms with Gasteiger partial charge in [-0.25, -0.2) is 4.68 Å². The predicted molar refractivity (Wildman–Crippen MR) is 99.9 cm³/mol. The van der Waals surface area contributed by atoms with Crippen LogP contribution >= 0.6 is 23.2 Å². The summed E-state index contributed by atoms with van der Waals surface area (Å²) in [5, 5.41) is 8.33. The van der Waals surface area contributed by atoms with Gasteiger partial charge in [-0.15, -0.1) is 5.10 Å². The van der Waals surface area contributed by atoms with E-state index in [0.29, 0.717) is 33.0 Å². The minimum absolute atomic E-state index is 0.246. The van der Waals surface area contributed by atoms with Crippen LogP contribution in [0, 0.1) is 0 Å². The maximum absolute atomic E-state index is 11.5. The quantitative estimate of drug-likeness (QED) is 0.711. The molecule has 1 aromatic heterocycles. The number of carbonyl (C=O) groups excluding carboxylic acids is 1. The lowest BCUT2D eigenvalue weighted by Crippen LogP contribution is -2.07. The first-order chi connectivity index (χ1) is 12.0. The molecule has 0 aliphatic heterocycles. The third-order valence-corrected chi connectivity index (χ3v) is 4.11. The molecule has 25 heavy (non-hydrogen) atoms. The summed E-state index contributed by atoms with van der Waals surface area (Å²) in [4.78, 5) is 11.5. The van der Waals surface area contributed by atoms with Gasteiger partial charge in [0.15, 0.2) is 11.6 Å². The number of rotatable bonds is 4. The summed E-state index contributed by atoms with van der Waals surface area (Å²) >= 11 is 12.3. The molecule has 1 N–H and O–H groups in total. The molecule has 0 bridgehead atoms. The number of methoxy groups -OCH3 is 1. The van der Waals surface area contributed by atoms with Crippen molar-refractivity contribution in [2.75, 3.05) is 12.4 Å². The van der Waals surface area contributed by atoms with Gasteiger partial charge in [-0.3, -0.25) is 4.79 Å². The van der Waals surface area contributed by atoms with Crippen LogP contribution in [0.4, 0.5) is 5.82 Å². The van der Waals surface area contributed by atoms with Crippen molar-refractivity contribution in [3.8, 4) is 22.7 Å². The molecule has 0 saturated heterocycles.